The highest BCUT2D eigenvalue weighted by Crippen LogP contribution is 2.58. The summed E-state index contributed by atoms with van der Waals surface area (Å²) in [5.41, 5.74) is 0. The quantitative estimate of drug-likeness (QED) is 0.0112. The summed E-state index contributed by atoms with van der Waals surface area (Å²) in [6.07, 6.45) is 0. The largest absolute Gasteiger partial charge is 0.506 e. The van der Waals surface area contributed by atoms with Crippen molar-refractivity contribution in [1.29, 1.82) is 0 Å². The van der Waals surface area contributed by atoms with Crippen molar-refractivity contribution in [2.45, 2.75) is 63.6 Å². The van der Waals surface area contributed by atoms with Gasteiger partial charge in [0.25, 0.3) is 0 Å². The van der Waals surface area contributed by atoms with Gasteiger partial charge in [0.15, 0.2) is 167 Å². The monoisotopic (exact) mass is 1850 g/mol. The third-order valence-corrected chi connectivity index (χ3v) is 26.7. The van der Waals surface area contributed by atoms with Gasteiger partial charge in [-0.3, -0.25) is 31.9 Å². The van der Waals surface area contributed by atoms with E-state index in [1.807, 2.05) is 0 Å². The maximum absolute atomic E-state index is 15.5. The molecule has 0 saturated carbocycles. The Labute approximate surface area is 612 Å². The van der Waals surface area contributed by atoms with Crippen LogP contribution < -0.4 is 25.1 Å². The molecule has 0 radical (unpaired) electrons. The van der Waals surface area contributed by atoms with Crippen LogP contribution in [0, 0.1) is 0 Å². The zero-order chi connectivity index (χ0) is 85.8. The minimum absolute atomic E-state index is 0.513. The Morgan fingerprint density at radius 2 is 0.432 bits per heavy atom. The van der Waals surface area contributed by atoms with E-state index >= 15 is 8.42 Å². The molecule has 0 spiro atoms. The molecule has 0 atom stereocenters. The third kappa shape index (κ3) is 15.9. The molecule has 0 aliphatic rings. The standard InChI is InChI=1S/C42H30O56S13/c43-7-3-15(20(49)37(17(7)46)102(69,70)71)107(83,84)94-11-2-1-10(93-106(81,82)13-4-8(44)34(99(60,61)62)22(51)18(13)47)31(36(11)101(66,67)68)96-109(87,88)16-6-12(95-110(89,90)41-25(54)21(50)24(53)39(30(41)59)104(75,76)77)32(97-108(85,86)14-5-9(45)35(100(63,64)65)23(52)19(14)48)42(105(78,79)80)33(16)98-111(91,92)40-28(57)26(55)38(103(72,73)74)27(56)29(40)58/h1-6,43-59H,(H,60,61,62)(H,63,64,65)(H,66,67,68)(H,69,70,71)(H,72,73,74)(H,75,76,77)(H,78,79,80). The van der Waals surface area contributed by atoms with Gasteiger partial charge in [-0.1, -0.05) is 0 Å². The Balaban J connectivity index is 1.80. The molecule has 56 nitrogen and oxygen atoms in total. The van der Waals surface area contributed by atoms with E-state index in [1.165, 1.54) is 0 Å². The molecule has 7 aromatic carbocycles. The van der Waals surface area contributed by atoms with Gasteiger partial charge in [-0.2, -0.15) is 109 Å². The van der Waals surface area contributed by atoms with Crippen molar-refractivity contribution in [2.75, 3.05) is 0 Å². The first-order valence-corrected chi connectivity index (χ1v) is 43.8. The number of phenolic OH excluding ortho intramolecular Hbond substituents is 17. The van der Waals surface area contributed by atoms with Crippen LogP contribution in [-0.4, -0.2) is 228 Å². The van der Waals surface area contributed by atoms with Crippen LogP contribution in [0.1, 0.15) is 0 Å². The number of hydrogen-bond acceptors (Lipinski definition) is 49. The minimum atomic E-state index is -8.14. The first-order chi connectivity index (χ1) is 49.6. The molecule has 0 unspecified atom stereocenters. The number of phenols is 17. The summed E-state index contributed by atoms with van der Waals surface area (Å²) in [6.45, 7) is 0. The van der Waals surface area contributed by atoms with Crippen LogP contribution in [0.3, 0.4) is 0 Å². The summed E-state index contributed by atoms with van der Waals surface area (Å²) in [5, 5.41) is 179. The first kappa shape index (κ1) is 87.2. The zero-order valence-corrected chi connectivity index (χ0v) is 61.2. The molecule has 612 valence electrons. The van der Waals surface area contributed by atoms with Crippen LogP contribution in [0.2, 0.25) is 0 Å². The van der Waals surface area contributed by atoms with Gasteiger partial charge >= 0.3 is 132 Å². The normalized spacial score (nSPS) is 13.3. The highest BCUT2D eigenvalue weighted by molar-refractivity contribution is 7.91. The maximum atomic E-state index is 15.5. The molecule has 0 bridgehead atoms. The van der Waals surface area contributed by atoms with E-state index in [9.17, 15) is 220 Å². The molecule has 0 amide bonds. The van der Waals surface area contributed by atoms with Gasteiger partial charge in [-0.25, -0.2) is 0 Å². The van der Waals surface area contributed by atoms with Gasteiger partial charge in [0.05, 0.1) is 0 Å². The third-order valence-electron chi connectivity index (χ3n) is 12.9. The van der Waals surface area contributed by atoms with Crippen LogP contribution in [0.15, 0.2) is 100 Å². The summed E-state index contributed by atoms with van der Waals surface area (Å²) >= 11 is 0. The van der Waals surface area contributed by atoms with E-state index in [4.69, 9.17) is 0 Å². The van der Waals surface area contributed by atoms with Gasteiger partial charge in [0.2, 0.25) is 17.2 Å². The lowest BCUT2D eigenvalue weighted by Gasteiger charge is -2.22. The van der Waals surface area contributed by atoms with Crippen molar-refractivity contribution < 1.29 is 253 Å². The van der Waals surface area contributed by atoms with Gasteiger partial charge in [0, 0.05) is 24.3 Å². The smallest absolute Gasteiger partial charge is 0.347 e. The fourth-order valence-corrected chi connectivity index (χ4v) is 20.4. The van der Waals surface area contributed by atoms with E-state index in [0.29, 0.717) is 0 Å². The van der Waals surface area contributed by atoms with Crippen molar-refractivity contribution in [3.8, 4) is 132 Å². The highest BCUT2D eigenvalue weighted by atomic mass is 32.3. The Kier molecular flexibility index (Phi) is 21.4. The molecule has 111 heavy (non-hydrogen) atoms. The average Bonchev–Trinajstić information content (AvgIpc) is 0.723. The van der Waals surface area contributed by atoms with Crippen LogP contribution in [0.5, 0.6) is 132 Å². The lowest BCUT2D eigenvalue weighted by Crippen LogP contribution is -2.22. The predicted octanol–water partition coefficient (Wildman–Crippen LogP) is -3.99. The van der Waals surface area contributed by atoms with Crippen molar-refractivity contribution in [3.05, 3.63) is 36.4 Å². The van der Waals surface area contributed by atoms with E-state index in [-0.39, 0.29) is 0 Å². The van der Waals surface area contributed by atoms with Crippen LogP contribution >= 0.6 is 0 Å². The fourth-order valence-electron chi connectivity index (χ4n) is 8.55. The Hall–Kier alpha value is -11.0. The molecule has 0 saturated heterocycles. The lowest BCUT2D eigenvalue weighted by atomic mass is 10.2. The molecular formula is C42H30O56S13. The molecule has 0 aliphatic carbocycles. The number of rotatable bonds is 25. The topological polar surface area (TPSA) is 985 Å². The molecule has 0 aromatic heterocycles. The van der Waals surface area contributed by atoms with Crippen LogP contribution in [0.25, 0.3) is 0 Å². The summed E-state index contributed by atoms with van der Waals surface area (Å²) in [6, 6.07) is -4.46. The molecule has 7 aromatic rings. The van der Waals surface area contributed by atoms with Crippen molar-refractivity contribution in [3.63, 3.8) is 0 Å². The molecule has 24 N–H and O–H groups in total. The Morgan fingerprint density at radius 1 is 0.180 bits per heavy atom. The second-order valence-electron chi connectivity index (χ2n) is 20.0. The van der Waals surface area contributed by atoms with E-state index in [2.05, 4.69) is 25.1 Å². The number of aromatic hydroxyl groups is 17. The summed E-state index contributed by atoms with van der Waals surface area (Å²) in [5.74, 6) is -63.3. The van der Waals surface area contributed by atoms with Crippen molar-refractivity contribution >= 4 is 132 Å². The molecule has 0 fully saturated rings. The predicted molar refractivity (Wildman–Crippen MR) is 329 cm³/mol. The second-order valence-corrected chi connectivity index (χ2v) is 38.5. The molecular weight excluding hydrogens is 1820 g/mol. The van der Waals surface area contributed by atoms with Crippen molar-refractivity contribution in [1.82, 2.24) is 0 Å². The molecule has 0 aliphatic heterocycles. The summed E-state index contributed by atoms with van der Waals surface area (Å²) < 4.78 is 447. The maximum Gasteiger partial charge on any atom is 0.347 e. The first-order valence-electron chi connectivity index (χ1n) is 25.3. The second kappa shape index (κ2) is 27.2. The molecule has 0 heterocycles. The average molecular weight is 1850 g/mol. The highest BCUT2D eigenvalue weighted by Gasteiger charge is 2.48. The zero-order valence-electron chi connectivity index (χ0n) is 50.6. The SMILES string of the molecule is O=S(=O)(O)c1c(O)cc(S(=O)(=O)Oc2ccc(OS(=O)(=O)c3cc(O)c(O)c(S(=O)(=O)O)c3O)c(S(=O)(=O)O)c2OS(=O)(=O)c2cc(OS(=O)(=O)c3c(O)c(O)c(O)c(S(=O)(=O)O)c3O)c(OS(=O)(=O)c3cc(O)c(S(=O)(=O)O)c(O)c3O)c(S(=O)(=O)O)c2OS(=O)(=O)c2c(O)c(O)c(S(=O)(=O)O)c(O)c2O)c(O)c1O. The lowest BCUT2D eigenvalue weighted by molar-refractivity contribution is 0.330. The van der Waals surface area contributed by atoms with E-state index in [0.717, 1.165) is 0 Å². The van der Waals surface area contributed by atoms with Crippen LogP contribution in [0.4, 0.5) is 0 Å². The Morgan fingerprint density at radius 3 is 0.829 bits per heavy atom. The van der Waals surface area contributed by atoms with Gasteiger partial charge < -0.3 is 112 Å². The van der Waals surface area contributed by atoms with Gasteiger partial charge in [-0.05, 0) is 12.1 Å². The summed E-state index contributed by atoms with van der Waals surface area (Å²) in [7, 11) is -91.2. The number of hydrogen-bond donors (Lipinski definition) is 24. The number of benzene rings is 7. The molecule has 7 rings (SSSR count). The minimum Gasteiger partial charge on any atom is -0.506 e. The fraction of sp³-hybridized carbons (Fsp3) is 0. The molecule has 69 heteroatoms. The van der Waals surface area contributed by atoms with E-state index in [1.54, 1.807) is 0 Å². The van der Waals surface area contributed by atoms with Gasteiger partial charge in [0.1, 0.15) is 11.5 Å². The summed E-state index contributed by atoms with van der Waals surface area (Å²) in [4.78, 5) is -36.5. The van der Waals surface area contributed by atoms with Gasteiger partial charge in [-0.15, -0.1) is 0 Å². The van der Waals surface area contributed by atoms with Crippen molar-refractivity contribution in [2.24, 2.45) is 0 Å². The van der Waals surface area contributed by atoms with Crippen LogP contribution in [-0.2, 0) is 132 Å². The van der Waals surface area contributed by atoms with E-state index < -0.39 is 364 Å². The Bertz CT molecular complexity index is 6940.